The minimum atomic E-state index is -1.26. The van der Waals surface area contributed by atoms with Crippen LogP contribution < -0.4 is 16.4 Å². The number of pyridine rings is 1. The van der Waals surface area contributed by atoms with Crippen molar-refractivity contribution >= 4 is 52.5 Å². The molecule has 194 valence electrons. The van der Waals surface area contributed by atoms with Gasteiger partial charge in [0.05, 0.1) is 5.56 Å². The quantitative estimate of drug-likeness (QED) is 0.485. The maximum atomic E-state index is 13.0. The third kappa shape index (κ3) is 5.58. The first kappa shape index (κ1) is 26.2. The van der Waals surface area contributed by atoms with E-state index in [4.69, 9.17) is 34.7 Å². The molecule has 1 unspecified atom stereocenters. The van der Waals surface area contributed by atoms with Crippen molar-refractivity contribution in [3.63, 3.8) is 0 Å². The van der Waals surface area contributed by atoms with Crippen molar-refractivity contribution in [2.75, 3.05) is 55.6 Å². The fourth-order valence-corrected chi connectivity index (χ4v) is 5.33. The minimum Gasteiger partial charge on any atom is -0.476 e. The molecular formula is C23H30Cl2N8O3. The zero-order valence-corrected chi connectivity index (χ0v) is 21.5. The summed E-state index contributed by atoms with van der Waals surface area (Å²) in [5.41, 5.74) is 11.8. The SMILES string of the molecule is CCC1CN(c2nc(N)c(C(=O)O)nc2Cl)CCN(C2CCN(C(=O)c3ccc(Cl)nc3N)CC2)C1. The van der Waals surface area contributed by atoms with Gasteiger partial charge in [0, 0.05) is 45.3 Å². The highest BCUT2D eigenvalue weighted by atomic mass is 35.5. The van der Waals surface area contributed by atoms with Crippen LogP contribution in [-0.4, -0.2) is 87.0 Å². The van der Waals surface area contributed by atoms with Crippen molar-refractivity contribution in [3.05, 3.63) is 33.7 Å². The Morgan fingerprint density at radius 3 is 2.39 bits per heavy atom. The Balaban J connectivity index is 1.42. The molecule has 36 heavy (non-hydrogen) atoms. The molecule has 2 saturated heterocycles. The van der Waals surface area contributed by atoms with Crippen LogP contribution in [0.4, 0.5) is 17.5 Å². The molecule has 0 radical (unpaired) electrons. The third-order valence-corrected chi connectivity index (χ3v) is 7.42. The number of rotatable bonds is 5. The number of hydrogen-bond donors (Lipinski definition) is 3. The average Bonchev–Trinajstić information content (AvgIpc) is 3.07. The van der Waals surface area contributed by atoms with Gasteiger partial charge in [0.25, 0.3) is 5.91 Å². The highest BCUT2D eigenvalue weighted by Gasteiger charge is 2.32. The Kier molecular flexibility index (Phi) is 8.01. The van der Waals surface area contributed by atoms with Crippen LogP contribution >= 0.6 is 23.2 Å². The zero-order valence-electron chi connectivity index (χ0n) is 20.0. The predicted molar refractivity (Wildman–Crippen MR) is 139 cm³/mol. The van der Waals surface area contributed by atoms with Gasteiger partial charge in [-0.15, -0.1) is 0 Å². The van der Waals surface area contributed by atoms with Gasteiger partial charge in [0.2, 0.25) is 0 Å². The molecule has 2 aromatic heterocycles. The van der Waals surface area contributed by atoms with Crippen LogP contribution in [0.3, 0.4) is 0 Å². The van der Waals surface area contributed by atoms with E-state index in [0.29, 0.717) is 49.5 Å². The Morgan fingerprint density at radius 2 is 1.75 bits per heavy atom. The average molecular weight is 537 g/mol. The zero-order chi connectivity index (χ0) is 26.0. The summed E-state index contributed by atoms with van der Waals surface area (Å²) in [5, 5.41) is 9.53. The summed E-state index contributed by atoms with van der Waals surface area (Å²) in [6, 6.07) is 3.54. The molecule has 13 heteroatoms. The molecule has 0 bridgehead atoms. The van der Waals surface area contributed by atoms with Crippen molar-refractivity contribution in [2.24, 2.45) is 5.92 Å². The topological polar surface area (TPSA) is 155 Å². The summed E-state index contributed by atoms with van der Waals surface area (Å²) in [6.07, 6.45) is 2.66. The molecule has 2 aromatic rings. The standard InChI is InChI=1S/C23H30Cl2N8O3/c1-2-13-11-32(9-10-33(12-13)21-18(25)29-17(23(35)36)20(27)30-21)14-5-7-31(8-6-14)22(34)15-3-4-16(24)28-19(15)26/h3-4,13-14H,2,5-12H2,1H3,(H2,26,28)(H2,27,30)(H,35,36). The van der Waals surface area contributed by atoms with Crippen LogP contribution in [0.2, 0.25) is 10.3 Å². The predicted octanol–water partition coefficient (Wildman–Crippen LogP) is 2.49. The van der Waals surface area contributed by atoms with E-state index in [9.17, 15) is 14.7 Å². The van der Waals surface area contributed by atoms with Gasteiger partial charge in [-0.2, -0.15) is 0 Å². The highest BCUT2D eigenvalue weighted by molar-refractivity contribution is 6.32. The molecule has 2 aliphatic rings. The van der Waals surface area contributed by atoms with E-state index >= 15 is 0 Å². The Morgan fingerprint density at radius 1 is 1.03 bits per heavy atom. The van der Waals surface area contributed by atoms with E-state index in [0.717, 1.165) is 32.4 Å². The van der Waals surface area contributed by atoms with E-state index in [-0.39, 0.29) is 33.5 Å². The number of nitrogen functional groups attached to an aromatic ring is 2. The monoisotopic (exact) mass is 536 g/mol. The van der Waals surface area contributed by atoms with Crippen molar-refractivity contribution < 1.29 is 14.7 Å². The van der Waals surface area contributed by atoms with Gasteiger partial charge in [-0.25, -0.2) is 19.7 Å². The molecule has 0 saturated carbocycles. The summed E-state index contributed by atoms with van der Waals surface area (Å²) in [4.78, 5) is 42.8. The van der Waals surface area contributed by atoms with Gasteiger partial charge >= 0.3 is 5.97 Å². The normalized spacial score (nSPS) is 19.8. The molecule has 5 N–H and O–H groups in total. The smallest absolute Gasteiger partial charge is 0.358 e. The number of aromatic carboxylic acids is 1. The molecular weight excluding hydrogens is 507 g/mol. The lowest BCUT2D eigenvalue weighted by Gasteiger charge is -2.39. The molecule has 1 amide bonds. The molecule has 0 spiro atoms. The van der Waals surface area contributed by atoms with Crippen molar-refractivity contribution in [1.29, 1.82) is 0 Å². The number of carbonyl (C=O) groups is 2. The highest BCUT2D eigenvalue weighted by Crippen LogP contribution is 2.29. The Labute approximate surface area is 219 Å². The van der Waals surface area contributed by atoms with Crippen LogP contribution in [0.5, 0.6) is 0 Å². The number of nitrogens with zero attached hydrogens (tertiary/aromatic N) is 6. The summed E-state index contributed by atoms with van der Waals surface area (Å²) in [6.45, 7) is 6.47. The van der Waals surface area contributed by atoms with Crippen LogP contribution in [0.15, 0.2) is 12.1 Å². The number of carbonyl (C=O) groups excluding carboxylic acids is 1. The summed E-state index contributed by atoms with van der Waals surface area (Å²) < 4.78 is 0. The first-order valence-corrected chi connectivity index (χ1v) is 12.7. The summed E-state index contributed by atoms with van der Waals surface area (Å²) in [5.74, 6) is -0.628. The Bertz CT molecular complexity index is 1140. The van der Waals surface area contributed by atoms with Gasteiger partial charge in [0.15, 0.2) is 22.5 Å². The third-order valence-electron chi connectivity index (χ3n) is 6.96. The molecule has 0 aromatic carbocycles. The number of carboxylic acid groups (broad SMARTS) is 1. The van der Waals surface area contributed by atoms with Crippen LogP contribution in [0, 0.1) is 5.92 Å². The molecule has 4 rings (SSSR count). The van der Waals surface area contributed by atoms with Gasteiger partial charge in [-0.05, 0) is 30.9 Å². The molecule has 1 atom stereocenters. The summed E-state index contributed by atoms with van der Waals surface area (Å²) in [7, 11) is 0. The van der Waals surface area contributed by atoms with Crippen molar-refractivity contribution in [2.45, 2.75) is 32.2 Å². The van der Waals surface area contributed by atoms with Crippen molar-refractivity contribution in [1.82, 2.24) is 24.8 Å². The number of halogens is 2. The number of piperidine rings is 1. The van der Waals surface area contributed by atoms with Crippen molar-refractivity contribution in [3.8, 4) is 0 Å². The second-order valence-corrected chi connectivity index (χ2v) is 9.93. The number of hydrogen-bond acceptors (Lipinski definition) is 9. The Hall–Kier alpha value is -2.89. The van der Waals surface area contributed by atoms with E-state index in [2.05, 4.69) is 26.8 Å². The first-order chi connectivity index (χ1) is 17.2. The van der Waals surface area contributed by atoms with E-state index < -0.39 is 5.97 Å². The number of aromatic nitrogens is 3. The first-order valence-electron chi connectivity index (χ1n) is 11.9. The number of nitrogens with two attached hydrogens (primary N) is 2. The van der Waals surface area contributed by atoms with E-state index in [1.807, 2.05) is 9.80 Å². The maximum Gasteiger partial charge on any atom is 0.358 e. The second-order valence-electron chi connectivity index (χ2n) is 9.18. The fourth-order valence-electron chi connectivity index (χ4n) is 4.93. The number of likely N-dealkylation sites (tertiary alicyclic amines) is 1. The largest absolute Gasteiger partial charge is 0.476 e. The lowest BCUT2D eigenvalue weighted by Crippen LogP contribution is -2.48. The molecule has 11 nitrogen and oxygen atoms in total. The van der Waals surface area contributed by atoms with Gasteiger partial charge in [0.1, 0.15) is 11.0 Å². The minimum absolute atomic E-state index is 0.0349. The number of carboxylic acids is 1. The maximum absolute atomic E-state index is 13.0. The summed E-state index contributed by atoms with van der Waals surface area (Å²) >= 11 is 12.2. The molecule has 2 aliphatic heterocycles. The molecule has 2 fully saturated rings. The van der Waals surface area contributed by atoms with E-state index in [1.165, 1.54) is 0 Å². The molecule has 0 aliphatic carbocycles. The van der Waals surface area contributed by atoms with E-state index in [1.54, 1.807) is 12.1 Å². The second kappa shape index (κ2) is 11.0. The van der Waals surface area contributed by atoms with Crippen LogP contribution in [0.25, 0.3) is 0 Å². The lowest BCUT2D eigenvalue weighted by molar-refractivity contribution is 0.0611. The molecule has 4 heterocycles. The van der Waals surface area contributed by atoms with Gasteiger partial charge in [-0.3, -0.25) is 9.69 Å². The van der Waals surface area contributed by atoms with Gasteiger partial charge in [-0.1, -0.05) is 36.5 Å². The number of anilines is 3. The van der Waals surface area contributed by atoms with Crippen LogP contribution in [0.1, 0.15) is 47.0 Å². The fraction of sp³-hybridized carbons (Fsp3) is 0.522. The lowest BCUT2D eigenvalue weighted by atomic mass is 9.99. The van der Waals surface area contributed by atoms with Crippen LogP contribution in [-0.2, 0) is 0 Å². The number of amides is 1. The van der Waals surface area contributed by atoms with Gasteiger partial charge < -0.3 is 26.4 Å².